The van der Waals surface area contributed by atoms with Crippen LogP contribution in [0.5, 0.6) is 0 Å². The number of halogens is 1. The van der Waals surface area contributed by atoms with E-state index < -0.39 is 0 Å². The molecule has 1 saturated heterocycles. The average Bonchev–Trinajstić information content (AvgIpc) is 2.19. The van der Waals surface area contributed by atoms with Gasteiger partial charge in [0.05, 0.1) is 0 Å². The molecule has 0 radical (unpaired) electrons. The molecule has 1 unspecified atom stereocenters. The summed E-state index contributed by atoms with van der Waals surface area (Å²) in [4.78, 5) is 13.5. The van der Waals surface area contributed by atoms with E-state index in [0.29, 0.717) is 5.78 Å². The normalized spacial score (nSPS) is 22.2. The highest BCUT2D eigenvalue weighted by Gasteiger charge is 2.20. The van der Waals surface area contributed by atoms with E-state index in [9.17, 15) is 4.79 Å². The summed E-state index contributed by atoms with van der Waals surface area (Å²) in [5.41, 5.74) is 0. The Morgan fingerprint density at radius 1 is 1.50 bits per heavy atom. The minimum atomic E-state index is 0.204. The van der Waals surface area contributed by atoms with Crippen molar-refractivity contribution in [2.24, 2.45) is 11.8 Å². The molecule has 0 bridgehead atoms. The first-order chi connectivity index (χ1) is 6.63. The summed E-state index contributed by atoms with van der Waals surface area (Å²) in [6.07, 6.45) is 2.55. The van der Waals surface area contributed by atoms with Gasteiger partial charge in [0.1, 0.15) is 5.78 Å². The fourth-order valence-electron chi connectivity index (χ4n) is 1.84. The molecule has 1 heterocycles. The molecule has 1 atom stereocenters. The summed E-state index contributed by atoms with van der Waals surface area (Å²) in [6.45, 7) is 6.99. The van der Waals surface area contributed by atoms with Crippen molar-refractivity contribution in [1.29, 1.82) is 0 Å². The van der Waals surface area contributed by atoms with E-state index in [1.54, 1.807) is 6.92 Å². The Morgan fingerprint density at radius 2 is 2.07 bits per heavy atom. The van der Waals surface area contributed by atoms with Crippen molar-refractivity contribution in [2.75, 3.05) is 25.0 Å². The van der Waals surface area contributed by atoms with Crippen LogP contribution in [-0.4, -0.2) is 35.6 Å². The predicted octanol–water partition coefficient (Wildman–Crippen LogP) is 2.32. The van der Waals surface area contributed by atoms with Gasteiger partial charge in [-0.25, -0.2) is 0 Å². The summed E-state index contributed by atoms with van der Waals surface area (Å²) in [5.74, 6) is 1.36. The van der Waals surface area contributed by atoms with E-state index in [2.05, 4.69) is 20.8 Å². The topological polar surface area (TPSA) is 20.3 Å². The van der Waals surface area contributed by atoms with E-state index in [4.69, 9.17) is 0 Å². The van der Waals surface area contributed by atoms with Crippen LogP contribution >= 0.6 is 15.9 Å². The zero-order chi connectivity index (χ0) is 10.6. The van der Waals surface area contributed by atoms with Crippen LogP contribution in [0.3, 0.4) is 0 Å². The molecular weight excluding hydrogens is 242 g/mol. The number of carbonyl (C=O) groups is 1. The first-order valence-electron chi connectivity index (χ1n) is 5.42. The van der Waals surface area contributed by atoms with Crippen LogP contribution in [0.2, 0.25) is 0 Å². The fourth-order valence-corrected chi connectivity index (χ4v) is 2.49. The summed E-state index contributed by atoms with van der Waals surface area (Å²) in [7, 11) is 0. The van der Waals surface area contributed by atoms with E-state index in [1.807, 2.05) is 6.92 Å². The Morgan fingerprint density at radius 3 is 2.50 bits per heavy atom. The van der Waals surface area contributed by atoms with Crippen LogP contribution in [0.4, 0.5) is 0 Å². The molecule has 0 N–H and O–H groups in total. The molecule has 1 aliphatic heterocycles. The predicted molar refractivity (Wildman–Crippen MR) is 62.8 cm³/mol. The fraction of sp³-hybridized carbons (Fsp3) is 0.909. The highest BCUT2D eigenvalue weighted by atomic mass is 79.9. The minimum Gasteiger partial charge on any atom is -0.303 e. The molecule has 3 heteroatoms. The van der Waals surface area contributed by atoms with Crippen LogP contribution < -0.4 is 0 Å². The molecule has 1 rings (SSSR count). The van der Waals surface area contributed by atoms with Gasteiger partial charge >= 0.3 is 0 Å². The Balaban J connectivity index is 2.25. The van der Waals surface area contributed by atoms with E-state index in [-0.39, 0.29) is 5.92 Å². The van der Waals surface area contributed by atoms with E-state index in [0.717, 1.165) is 30.9 Å². The molecule has 14 heavy (non-hydrogen) atoms. The summed E-state index contributed by atoms with van der Waals surface area (Å²) < 4.78 is 0. The molecule has 2 nitrogen and oxygen atoms in total. The number of carbonyl (C=O) groups excluding carboxylic acids is 1. The molecular formula is C11H20BrNO. The number of rotatable bonds is 4. The first kappa shape index (κ1) is 12.2. The Kier molecular flexibility index (Phi) is 5.10. The highest BCUT2D eigenvalue weighted by molar-refractivity contribution is 9.09. The maximum Gasteiger partial charge on any atom is 0.133 e. The highest BCUT2D eigenvalue weighted by Crippen LogP contribution is 2.19. The third-order valence-corrected chi connectivity index (χ3v) is 4.07. The second kappa shape index (κ2) is 5.86. The number of nitrogens with zero attached hydrogens (tertiary/aromatic N) is 1. The van der Waals surface area contributed by atoms with E-state index in [1.165, 1.54) is 12.8 Å². The van der Waals surface area contributed by atoms with Gasteiger partial charge in [-0.05, 0) is 38.8 Å². The van der Waals surface area contributed by atoms with Gasteiger partial charge in [-0.15, -0.1) is 0 Å². The number of hydrogen-bond donors (Lipinski definition) is 0. The van der Waals surface area contributed by atoms with Crippen molar-refractivity contribution >= 4 is 21.7 Å². The number of ketones is 1. The van der Waals surface area contributed by atoms with Gasteiger partial charge in [0.2, 0.25) is 0 Å². The first-order valence-corrected chi connectivity index (χ1v) is 6.54. The van der Waals surface area contributed by atoms with Crippen molar-refractivity contribution < 1.29 is 4.79 Å². The quantitative estimate of drug-likeness (QED) is 0.725. The molecule has 0 amide bonds. The standard InChI is InChI=1S/C11H20BrNO/c1-9(10(2)14)8-13-5-3-11(7-12)4-6-13/h9,11H,3-8H2,1-2H3. The van der Waals surface area contributed by atoms with Crippen molar-refractivity contribution in [3.63, 3.8) is 0 Å². The zero-order valence-corrected chi connectivity index (χ0v) is 10.7. The van der Waals surface area contributed by atoms with Crippen molar-refractivity contribution in [3.05, 3.63) is 0 Å². The maximum absolute atomic E-state index is 11.1. The number of likely N-dealkylation sites (tertiary alicyclic amines) is 1. The van der Waals surface area contributed by atoms with Gasteiger partial charge in [-0.3, -0.25) is 4.79 Å². The van der Waals surface area contributed by atoms with Crippen LogP contribution in [0.1, 0.15) is 26.7 Å². The monoisotopic (exact) mass is 261 g/mol. The van der Waals surface area contributed by atoms with Crippen LogP contribution in [0.15, 0.2) is 0 Å². The largest absolute Gasteiger partial charge is 0.303 e. The SMILES string of the molecule is CC(=O)C(C)CN1CCC(CBr)CC1. The van der Waals surface area contributed by atoms with Gasteiger partial charge in [-0.2, -0.15) is 0 Å². The van der Waals surface area contributed by atoms with Crippen LogP contribution in [0, 0.1) is 11.8 Å². The van der Waals surface area contributed by atoms with Crippen molar-refractivity contribution in [2.45, 2.75) is 26.7 Å². The Labute approximate surface area is 95.2 Å². The third kappa shape index (κ3) is 3.70. The molecule has 0 aromatic carbocycles. The van der Waals surface area contributed by atoms with Crippen LogP contribution in [0.25, 0.3) is 0 Å². The number of hydrogen-bond acceptors (Lipinski definition) is 2. The third-order valence-electron chi connectivity index (χ3n) is 3.15. The second-order valence-corrected chi connectivity index (χ2v) is 5.06. The van der Waals surface area contributed by atoms with Gasteiger partial charge in [0.25, 0.3) is 0 Å². The Hall–Kier alpha value is 0.110. The zero-order valence-electron chi connectivity index (χ0n) is 9.13. The lowest BCUT2D eigenvalue weighted by Gasteiger charge is -2.32. The Bertz CT molecular complexity index is 188. The second-order valence-electron chi connectivity index (χ2n) is 4.41. The molecule has 1 aliphatic rings. The summed E-state index contributed by atoms with van der Waals surface area (Å²) >= 11 is 3.53. The van der Waals surface area contributed by atoms with E-state index >= 15 is 0 Å². The molecule has 0 aliphatic carbocycles. The van der Waals surface area contributed by atoms with Crippen LogP contribution in [-0.2, 0) is 4.79 Å². The van der Waals surface area contributed by atoms with Gasteiger partial charge in [0.15, 0.2) is 0 Å². The smallest absolute Gasteiger partial charge is 0.133 e. The molecule has 0 spiro atoms. The number of alkyl halides is 1. The number of piperidine rings is 1. The molecule has 0 saturated carbocycles. The lowest BCUT2D eigenvalue weighted by molar-refractivity contribution is -0.120. The molecule has 82 valence electrons. The summed E-state index contributed by atoms with van der Waals surface area (Å²) in [5, 5.41) is 1.13. The maximum atomic E-state index is 11.1. The van der Waals surface area contributed by atoms with Crippen molar-refractivity contribution in [3.8, 4) is 0 Å². The lowest BCUT2D eigenvalue weighted by Crippen LogP contribution is -2.38. The van der Waals surface area contributed by atoms with Gasteiger partial charge < -0.3 is 4.90 Å². The van der Waals surface area contributed by atoms with Gasteiger partial charge in [0, 0.05) is 17.8 Å². The average molecular weight is 262 g/mol. The number of Topliss-reactive ketones (excluding diaryl/α,β-unsaturated/α-hetero) is 1. The molecule has 1 fully saturated rings. The molecule has 0 aromatic rings. The molecule has 0 aromatic heterocycles. The van der Waals surface area contributed by atoms with Crippen molar-refractivity contribution in [1.82, 2.24) is 4.90 Å². The lowest BCUT2D eigenvalue weighted by atomic mass is 9.97. The minimum absolute atomic E-state index is 0.204. The summed E-state index contributed by atoms with van der Waals surface area (Å²) in [6, 6.07) is 0. The van der Waals surface area contributed by atoms with Gasteiger partial charge in [-0.1, -0.05) is 22.9 Å².